The highest BCUT2D eigenvalue weighted by atomic mass is 79.9. The zero-order valence-corrected chi connectivity index (χ0v) is 14.3. The molecule has 0 aliphatic heterocycles. The fourth-order valence-corrected chi connectivity index (χ4v) is 3.92. The van der Waals surface area contributed by atoms with Crippen LogP contribution in [0.4, 0.5) is 5.82 Å². The van der Waals surface area contributed by atoms with Gasteiger partial charge in [-0.25, -0.2) is 0 Å². The van der Waals surface area contributed by atoms with Crippen LogP contribution in [0, 0.1) is 0 Å². The first-order valence-corrected chi connectivity index (χ1v) is 8.44. The van der Waals surface area contributed by atoms with Gasteiger partial charge in [-0.15, -0.1) is 11.3 Å². The normalized spacial score (nSPS) is 11.0. The summed E-state index contributed by atoms with van der Waals surface area (Å²) in [4.78, 5) is 1.20. The van der Waals surface area contributed by atoms with Gasteiger partial charge in [-0.05, 0) is 29.5 Å². The highest BCUT2D eigenvalue weighted by Crippen LogP contribution is 2.42. The first-order chi connectivity index (χ1) is 10.1. The average Bonchev–Trinajstić information content (AvgIpc) is 3.05. The molecule has 3 nitrogen and oxygen atoms in total. The van der Waals surface area contributed by atoms with Crippen LogP contribution in [0.3, 0.4) is 0 Å². The summed E-state index contributed by atoms with van der Waals surface area (Å²) in [5.41, 5.74) is 10.6. The SMILES string of the molecule is CCc1ccsc1-c1nn(C)c(N)c1-c1ccccc1Br. The maximum Gasteiger partial charge on any atom is 0.129 e. The van der Waals surface area contributed by atoms with E-state index < -0.39 is 0 Å². The average molecular weight is 362 g/mol. The summed E-state index contributed by atoms with van der Waals surface area (Å²) in [5, 5.41) is 6.77. The van der Waals surface area contributed by atoms with Crippen molar-refractivity contribution >= 4 is 33.1 Å². The quantitative estimate of drug-likeness (QED) is 0.733. The van der Waals surface area contributed by atoms with Crippen LogP contribution in [0.15, 0.2) is 40.2 Å². The molecule has 2 aromatic heterocycles. The second-order valence-corrected chi connectivity index (χ2v) is 6.61. The molecule has 0 radical (unpaired) electrons. The van der Waals surface area contributed by atoms with Gasteiger partial charge in [0.05, 0.1) is 10.4 Å². The lowest BCUT2D eigenvalue weighted by molar-refractivity contribution is 0.782. The number of thiophene rings is 1. The highest BCUT2D eigenvalue weighted by molar-refractivity contribution is 9.10. The third-order valence-electron chi connectivity index (χ3n) is 3.58. The van der Waals surface area contributed by atoms with Gasteiger partial charge in [0.2, 0.25) is 0 Å². The van der Waals surface area contributed by atoms with Crippen LogP contribution >= 0.6 is 27.3 Å². The summed E-state index contributed by atoms with van der Waals surface area (Å²) in [6, 6.07) is 10.3. The van der Waals surface area contributed by atoms with E-state index in [-0.39, 0.29) is 0 Å². The Morgan fingerprint density at radius 3 is 2.76 bits per heavy atom. The second kappa shape index (κ2) is 5.66. The van der Waals surface area contributed by atoms with Gasteiger partial charge in [0.1, 0.15) is 11.5 Å². The molecule has 0 saturated carbocycles. The van der Waals surface area contributed by atoms with Crippen molar-refractivity contribution in [1.29, 1.82) is 0 Å². The van der Waals surface area contributed by atoms with E-state index in [1.807, 2.05) is 25.2 Å². The smallest absolute Gasteiger partial charge is 0.129 e. The maximum atomic E-state index is 6.29. The van der Waals surface area contributed by atoms with Crippen LogP contribution in [0.1, 0.15) is 12.5 Å². The predicted octanol–water partition coefficient (Wildman–Crippen LogP) is 4.72. The first-order valence-electron chi connectivity index (χ1n) is 6.77. The van der Waals surface area contributed by atoms with Crippen molar-refractivity contribution < 1.29 is 0 Å². The van der Waals surface area contributed by atoms with Gasteiger partial charge in [0.25, 0.3) is 0 Å². The van der Waals surface area contributed by atoms with Gasteiger partial charge in [0.15, 0.2) is 0 Å². The Balaban J connectivity index is 2.29. The minimum atomic E-state index is 0.687. The Hall–Kier alpha value is -1.59. The topological polar surface area (TPSA) is 43.8 Å². The van der Waals surface area contributed by atoms with Crippen molar-refractivity contribution in [3.05, 3.63) is 45.7 Å². The van der Waals surface area contributed by atoms with E-state index >= 15 is 0 Å². The molecule has 21 heavy (non-hydrogen) atoms. The van der Waals surface area contributed by atoms with E-state index in [0.29, 0.717) is 5.82 Å². The monoisotopic (exact) mass is 361 g/mol. The van der Waals surface area contributed by atoms with Crippen LogP contribution in [-0.4, -0.2) is 9.78 Å². The number of rotatable bonds is 3. The number of hydrogen-bond donors (Lipinski definition) is 1. The highest BCUT2D eigenvalue weighted by Gasteiger charge is 2.21. The van der Waals surface area contributed by atoms with E-state index in [1.54, 1.807) is 16.0 Å². The fraction of sp³-hybridized carbons (Fsp3) is 0.188. The third-order valence-corrected chi connectivity index (χ3v) is 5.23. The van der Waals surface area contributed by atoms with E-state index in [9.17, 15) is 0 Å². The number of nitrogen functional groups attached to an aromatic ring is 1. The van der Waals surface area contributed by atoms with Gasteiger partial charge in [-0.1, -0.05) is 41.1 Å². The number of nitrogens with two attached hydrogens (primary N) is 1. The van der Waals surface area contributed by atoms with Gasteiger partial charge in [-0.3, -0.25) is 4.68 Å². The molecule has 0 bridgehead atoms. The molecule has 108 valence electrons. The largest absolute Gasteiger partial charge is 0.383 e. The Morgan fingerprint density at radius 1 is 1.29 bits per heavy atom. The van der Waals surface area contributed by atoms with Gasteiger partial charge >= 0.3 is 0 Å². The molecule has 1 aromatic carbocycles. The molecule has 0 amide bonds. The summed E-state index contributed by atoms with van der Waals surface area (Å²) in [6.45, 7) is 2.16. The summed E-state index contributed by atoms with van der Waals surface area (Å²) in [6.07, 6.45) is 0.991. The van der Waals surface area contributed by atoms with Crippen LogP contribution in [0.2, 0.25) is 0 Å². The van der Waals surface area contributed by atoms with Crippen molar-refractivity contribution in [3.63, 3.8) is 0 Å². The zero-order chi connectivity index (χ0) is 15.0. The molecule has 3 rings (SSSR count). The van der Waals surface area contributed by atoms with Crippen LogP contribution < -0.4 is 5.73 Å². The van der Waals surface area contributed by atoms with Crippen LogP contribution in [-0.2, 0) is 13.5 Å². The Kier molecular flexibility index (Phi) is 3.87. The Bertz CT molecular complexity index is 789. The number of aromatic nitrogens is 2. The fourth-order valence-electron chi connectivity index (χ4n) is 2.45. The van der Waals surface area contributed by atoms with Crippen LogP contribution in [0.25, 0.3) is 21.7 Å². The molecule has 3 aromatic rings. The van der Waals surface area contributed by atoms with Crippen molar-refractivity contribution in [3.8, 4) is 21.7 Å². The summed E-state index contributed by atoms with van der Waals surface area (Å²) >= 11 is 5.34. The Morgan fingerprint density at radius 2 is 2.05 bits per heavy atom. The number of nitrogens with zero attached hydrogens (tertiary/aromatic N) is 2. The van der Waals surface area contributed by atoms with E-state index in [2.05, 4.69) is 45.5 Å². The number of benzene rings is 1. The lowest BCUT2D eigenvalue weighted by atomic mass is 10.0. The summed E-state index contributed by atoms with van der Waals surface area (Å²) in [7, 11) is 1.89. The molecule has 2 N–H and O–H groups in total. The zero-order valence-electron chi connectivity index (χ0n) is 11.9. The van der Waals surface area contributed by atoms with Crippen molar-refractivity contribution in [2.24, 2.45) is 7.05 Å². The standard InChI is InChI=1S/C16H16BrN3S/c1-3-10-8-9-21-15(10)14-13(16(18)20(2)19-14)11-6-4-5-7-12(11)17/h4-9H,3,18H2,1-2H3. The number of hydrogen-bond acceptors (Lipinski definition) is 3. The molecule has 5 heteroatoms. The number of halogens is 1. The molecule has 0 spiro atoms. The van der Waals surface area contributed by atoms with E-state index in [1.165, 1.54) is 10.4 Å². The van der Waals surface area contributed by atoms with Crippen molar-refractivity contribution in [2.75, 3.05) is 5.73 Å². The summed E-state index contributed by atoms with van der Waals surface area (Å²) in [5.74, 6) is 0.687. The minimum Gasteiger partial charge on any atom is -0.383 e. The lowest BCUT2D eigenvalue weighted by Gasteiger charge is -2.07. The molecular weight excluding hydrogens is 346 g/mol. The molecule has 0 atom stereocenters. The molecule has 0 fully saturated rings. The molecule has 0 aliphatic carbocycles. The molecule has 0 unspecified atom stereocenters. The lowest BCUT2D eigenvalue weighted by Crippen LogP contribution is -1.98. The number of anilines is 1. The van der Waals surface area contributed by atoms with Gasteiger partial charge < -0.3 is 5.73 Å². The van der Waals surface area contributed by atoms with E-state index in [4.69, 9.17) is 5.73 Å². The molecule has 0 saturated heterocycles. The first kappa shape index (κ1) is 14.4. The van der Waals surface area contributed by atoms with Crippen molar-refractivity contribution in [2.45, 2.75) is 13.3 Å². The predicted molar refractivity (Wildman–Crippen MR) is 93.4 cm³/mol. The minimum absolute atomic E-state index is 0.687. The van der Waals surface area contributed by atoms with Crippen molar-refractivity contribution in [1.82, 2.24) is 9.78 Å². The number of aryl methyl sites for hydroxylation is 2. The van der Waals surface area contributed by atoms with Gasteiger partial charge in [0, 0.05) is 17.1 Å². The Labute approximate surface area is 136 Å². The molecule has 0 aliphatic rings. The van der Waals surface area contributed by atoms with E-state index in [0.717, 1.165) is 27.7 Å². The molecule has 2 heterocycles. The second-order valence-electron chi connectivity index (χ2n) is 4.84. The third kappa shape index (κ3) is 2.40. The van der Waals surface area contributed by atoms with Gasteiger partial charge in [-0.2, -0.15) is 5.10 Å². The molecular formula is C16H16BrN3S. The maximum absolute atomic E-state index is 6.29. The van der Waals surface area contributed by atoms with Crippen LogP contribution in [0.5, 0.6) is 0 Å². The summed E-state index contributed by atoms with van der Waals surface area (Å²) < 4.78 is 2.78.